The van der Waals surface area contributed by atoms with Gasteiger partial charge in [-0.15, -0.1) is 0 Å². The number of esters is 1. The third-order valence-electron chi connectivity index (χ3n) is 6.56. The summed E-state index contributed by atoms with van der Waals surface area (Å²) in [5, 5.41) is 0. The standard InChI is InChI=1S/C25H32O2/c1-8-24(4,5)18-14-19-21(17-12-10-16(3)11-13-17)23(26)27-22(19)20(15-18)25(6,7)9-2/h10-15,21H,8-9H2,1-7H3. The fourth-order valence-electron chi connectivity index (χ4n) is 3.63. The van der Waals surface area contributed by atoms with Gasteiger partial charge in [-0.25, -0.2) is 0 Å². The molecule has 2 nitrogen and oxygen atoms in total. The van der Waals surface area contributed by atoms with Gasteiger partial charge in [0.2, 0.25) is 0 Å². The topological polar surface area (TPSA) is 26.3 Å². The molecule has 0 saturated heterocycles. The van der Waals surface area contributed by atoms with Gasteiger partial charge in [-0.2, -0.15) is 0 Å². The molecule has 2 aromatic carbocycles. The van der Waals surface area contributed by atoms with Crippen LogP contribution in [0, 0.1) is 6.92 Å². The third-order valence-corrected chi connectivity index (χ3v) is 6.56. The first-order valence-electron chi connectivity index (χ1n) is 10.1. The van der Waals surface area contributed by atoms with Crippen LogP contribution in [-0.2, 0) is 15.6 Å². The van der Waals surface area contributed by atoms with E-state index in [0.29, 0.717) is 0 Å². The number of rotatable bonds is 5. The van der Waals surface area contributed by atoms with Gasteiger partial charge in [-0.3, -0.25) is 4.79 Å². The van der Waals surface area contributed by atoms with Crippen LogP contribution in [0.1, 0.15) is 88.1 Å². The Morgan fingerprint density at radius 1 is 0.926 bits per heavy atom. The third kappa shape index (κ3) is 3.42. The number of carbonyl (C=O) groups is 1. The first-order chi connectivity index (χ1) is 12.6. The van der Waals surface area contributed by atoms with Gasteiger partial charge in [0.05, 0.1) is 0 Å². The molecule has 0 aromatic heterocycles. The van der Waals surface area contributed by atoms with Crippen molar-refractivity contribution < 1.29 is 9.53 Å². The second kappa shape index (κ2) is 6.82. The average molecular weight is 365 g/mol. The Kier molecular flexibility index (Phi) is 4.96. The summed E-state index contributed by atoms with van der Waals surface area (Å²) in [5.74, 6) is 0.293. The summed E-state index contributed by atoms with van der Waals surface area (Å²) in [4.78, 5) is 12.9. The van der Waals surface area contributed by atoms with Crippen LogP contribution in [0.15, 0.2) is 36.4 Å². The predicted octanol–water partition coefficient (Wildman–Crippen LogP) is 6.42. The molecule has 1 aliphatic rings. The Bertz CT molecular complexity index is 857. The van der Waals surface area contributed by atoms with Crippen molar-refractivity contribution in [3.05, 3.63) is 64.2 Å². The van der Waals surface area contributed by atoms with Gasteiger partial charge >= 0.3 is 5.97 Å². The summed E-state index contributed by atoms with van der Waals surface area (Å²) in [6, 6.07) is 12.7. The molecule has 0 radical (unpaired) electrons. The smallest absolute Gasteiger partial charge is 0.323 e. The second-order valence-corrected chi connectivity index (χ2v) is 9.18. The van der Waals surface area contributed by atoms with Crippen LogP contribution < -0.4 is 4.74 Å². The number of carbonyl (C=O) groups excluding carboxylic acids is 1. The molecular weight excluding hydrogens is 332 g/mol. The van der Waals surface area contributed by atoms with E-state index in [1.807, 2.05) is 0 Å². The lowest BCUT2D eigenvalue weighted by Crippen LogP contribution is -2.21. The predicted molar refractivity (Wildman–Crippen MR) is 112 cm³/mol. The molecule has 1 atom stereocenters. The second-order valence-electron chi connectivity index (χ2n) is 9.18. The summed E-state index contributed by atoms with van der Waals surface area (Å²) >= 11 is 0. The van der Waals surface area contributed by atoms with E-state index in [2.05, 4.69) is 84.9 Å². The molecule has 0 saturated carbocycles. The van der Waals surface area contributed by atoms with Gasteiger partial charge in [0.1, 0.15) is 11.7 Å². The molecular formula is C25H32O2. The number of benzene rings is 2. The normalized spacial score (nSPS) is 17.0. The Hall–Kier alpha value is -2.09. The number of hydrogen-bond acceptors (Lipinski definition) is 2. The molecule has 1 unspecified atom stereocenters. The van der Waals surface area contributed by atoms with E-state index in [0.717, 1.165) is 35.3 Å². The Labute approximate surface area is 164 Å². The highest BCUT2D eigenvalue weighted by atomic mass is 16.5. The maximum Gasteiger partial charge on any atom is 0.323 e. The van der Waals surface area contributed by atoms with E-state index in [4.69, 9.17) is 4.74 Å². The zero-order chi connectivity index (χ0) is 20.0. The molecule has 1 aliphatic heterocycles. The monoisotopic (exact) mass is 364 g/mol. The van der Waals surface area contributed by atoms with Crippen molar-refractivity contribution in [1.29, 1.82) is 0 Å². The molecule has 2 heteroatoms. The highest BCUT2D eigenvalue weighted by molar-refractivity contribution is 5.90. The van der Waals surface area contributed by atoms with Gasteiger partial charge in [0.25, 0.3) is 0 Å². The Morgan fingerprint density at radius 3 is 2.07 bits per heavy atom. The fourth-order valence-corrected chi connectivity index (χ4v) is 3.63. The summed E-state index contributed by atoms with van der Waals surface area (Å²) in [6.45, 7) is 15.5. The summed E-state index contributed by atoms with van der Waals surface area (Å²) in [5.41, 5.74) is 5.68. The van der Waals surface area contributed by atoms with Crippen molar-refractivity contribution >= 4 is 5.97 Å². The highest BCUT2D eigenvalue weighted by Crippen LogP contribution is 2.48. The van der Waals surface area contributed by atoms with Crippen LogP contribution in [0.25, 0.3) is 0 Å². The lowest BCUT2D eigenvalue weighted by molar-refractivity contribution is -0.133. The van der Waals surface area contributed by atoms with Gasteiger partial charge in [-0.05, 0) is 41.7 Å². The Balaban J connectivity index is 2.25. The van der Waals surface area contributed by atoms with E-state index in [1.165, 1.54) is 11.1 Å². The van der Waals surface area contributed by atoms with Gasteiger partial charge in [0.15, 0.2) is 0 Å². The molecule has 0 spiro atoms. The van der Waals surface area contributed by atoms with Crippen LogP contribution >= 0.6 is 0 Å². The first-order valence-corrected chi connectivity index (χ1v) is 10.1. The van der Waals surface area contributed by atoms with Crippen molar-refractivity contribution in [3.8, 4) is 5.75 Å². The lowest BCUT2D eigenvalue weighted by atomic mass is 9.74. The van der Waals surface area contributed by atoms with Gasteiger partial charge in [-0.1, -0.05) is 83.5 Å². The van der Waals surface area contributed by atoms with E-state index in [1.54, 1.807) is 0 Å². The average Bonchev–Trinajstić information content (AvgIpc) is 2.97. The number of ether oxygens (including phenoxy) is 1. The van der Waals surface area contributed by atoms with Crippen LogP contribution in [0.5, 0.6) is 5.75 Å². The molecule has 0 N–H and O–H groups in total. The fraction of sp³-hybridized carbons (Fsp3) is 0.480. The largest absolute Gasteiger partial charge is 0.425 e. The highest BCUT2D eigenvalue weighted by Gasteiger charge is 2.40. The summed E-state index contributed by atoms with van der Waals surface area (Å²) < 4.78 is 5.89. The molecule has 3 rings (SSSR count). The lowest BCUT2D eigenvalue weighted by Gasteiger charge is -2.30. The molecule has 27 heavy (non-hydrogen) atoms. The van der Waals surface area contributed by atoms with Crippen molar-refractivity contribution in [3.63, 3.8) is 0 Å². The van der Waals surface area contributed by atoms with Crippen LogP contribution in [0.4, 0.5) is 0 Å². The minimum Gasteiger partial charge on any atom is -0.425 e. The van der Waals surface area contributed by atoms with Crippen molar-refractivity contribution in [2.75, 3.05) is 0 Å². The zero-order valence-electron chi connectivity index (χ0n) is 17.8. The van der Waals surface area contributed by atoms with E-state index in [-0.39, 0.29) is 22.7 Å². The maximum absolute atomic E-state index is 12.9. The molecule has 0 bridgehead atoms. The quantitative estimate of drug-likeness (QED) is 0.452. The zero-order valence-corrected chi connectivity index (χ0v) is 17.8. The number of fused-ring (bicyclic) bond motifs is 1. The van der Waals surface area contributed by atoms with E-state index < -0.39 is 0 Å². The van der Waals surface area contributed by atoms with Crippen LogP contribution in [-0.4, -0.2) is 5.97 Å². The molecule has 0 fully saturated rings. The van der Waals surface area contributed by atoms with E-state index in [9.17, 15) is 4.79 Å². The van der Waals surface area contributed by atoms with Gasteiger partial charge < -0.3 is 4.74 Å². The molecule has 0 aliphatic carbocycles. The first kappa shape index (κ1) is 19.7. The van der Waals surface area contributed by atoms with E-state index >= 15 is 0 Å². The summed E-state index contributed by atoms with van der Waals surface area (Å²) in [7, 11) is 0. The molecule has 1 heterocycles. The SMILES string of the molecule is CCC(C)(C)c1cc2c(c(C(C)(C)CC)c1)OC(=O)C2c1ccc(C)cc1. The number of hydrogen-bond donors (Lipinski definition) is 0. The summed E-state index contributed by atoms with van der Waals surface area (Å²) in [6.07, 6.45) is 2.03. The minimum atomic E-state index is -0.334. The minimum absolute atomic E-state index is 0.0492. The van der Waals surface area contributed by atoms with Gasteiger partial charge in [0, 0.05) is 11.1 Å². The molecule has 0 amide bonds. The van der Waals surface area contributed by atoms with Crippen LogP contribution in [0.3, 0.4) is 0 Å². The van der Waals surface area contributed by atoms with Crippen molar-refractivity contribution in [1.82, 2.24) is 0 Å². The van der Waals surface area contributed by atoms with Crippen molar-refractivity contribution in [2.45, 2.75) is 78.1 Å². The molecule has 144 valence electrons. The Morgan fingerprint density at radius 2 is 1.52 bits per heavy atom. The number of aryl methyl sites for hydroxylation is 1. The van der Waals surface area contributed by atoms with Crippen molar-refractivity contribution in [2.24, 2.45) is 0 Å². The van der Waals surface area contributed by atoms with Crippen LogP contribution in [0.2, 0.25) is 0 Å². The maximum atomic E-state index is 12.9. The molecule has 2 aromatic rings.